The Bertz CT molecular complexity index is 442. The number of hydrogen-bond donors (Lipinski definition) is 1. The molecule has 3 nitrogen and oxygen atoms in total. The number of thioether (sulfide) groups is 1. The molecule has 0 saturated heterocycles. The van der Waals surface area contributed by atoms with Crippen molar-refractivity contribution in [2.45, 2.75) is 57.4 Å². The van der Waals surface area contributed by atoms with Crippen LogP contribution in [0.1, 0.15) is 42.5 Å². The molecule has 0 aromatic carbocycles. The Morgan fingerprint density at radius 3 is 2.60 bits per heavy atom. The summed E-state index contributed by atoms with van der Waals surface area (Å²) in [6, 6.07) is 0.645. The SMILES string of the molecule is COc1c(C)cnc(CNC2CCC(SC)CC2)c1C. The number of nitrogens with one attached hydrogen (secondary N) is 1. The van der Waals surface area contributed by atoms with E-state index in [9.17, 15) is 0 Å². The number of nitrogens with zero attached hydrogens (tertiary/aromatic N) is 1. The second-order valence-corrected chi connectivity index (χ2v) is 6.77. The summed E-state index contributed by atoms with van der Waals surface area (Å²) < 4.78 is 5.47. The van der Waals surface area contributed by atoms with Gasteiger partial charge in [-0.15, -0.1) is 0 Å². The highest BCUT2D eigenvalue weighted by Crippen LogP contribution is 2.28. The predicted octanol–water partition coefficient (Wildman–Crippen LogP) is 3.47. The molecule has 0 unspecified atom stereocenters. The fourth-order valence-electron chi connectivity index (χ4n) is 2.99. The molecule has 1 heterocycles. The second-order valence-electron chi connectivity index (χ2n) is 5.64. The van der Waals surface area contributed by atoms with E-state index in [-0.39, 0.29) is 0 Å². The van der Waals surface area contributed by atoms with Crippen LogP contribution in [0.25, 0.3) is 0 Å². The van der Waals surface area contributed by atoms with Crippen molar-refractivity contribution in [3.63, 3.8) is 0 Å². The number of hydrogen-bond acceptors (Lipinski definition) is 4. The largest absolute Gasteiger partial charge is 0.496 e. The summed E-state index contributed by atoms with van der Waals surface area (Å²) in [5.41, 5.74) is 3.38. The number of aryl methyl sites for hydroxylation is 1. The topological polar surface area (TPSA) is 34.1 Å². The van der Waals surface area contributed by atoms with Gasteiger partial charge in [-0.1, -0.05) is 0 Å². The fraction of sp³-hybridized carbons (Fsp3) is 0.688. The minimum Gasteiger partial charge on any atom is -0.496 e. The van der Waals surface area contributed by atoms with Crippen molar-refractivity contribution in [1.82, 2.24) is 10.3 Å². The minimum atomic E-state index is 0.645. The van der Waals surface area contributed by atoms with Gasteiger partial charge in [0.25, 0.3) is 0 Å². The molecule has 0 aliphatic heterocycles. The first-order chi connectivity index (χ1) is 9.65. The van der Waals surface area contributed by atoms with Crippen molar-refractivity contribution < 1.29 is 4.74 Å². The average Bonchev–Trinajstić information content (AvgIpc) is 2.47. The quantitative estimate of drug-likeness (QED) is 0.901. The van der Waals surface area contributed by atoms with Crippen LogP contribution in [0, 0.1) is 13.8 Å². The zero-order valence-corrected chi connectivity index (χ0v) is 13.8. The molecule has 20 heavy (non-hydrogen) atoms. The third kappa shape index (κ3) is 3.67. The van der Waals surface area contributed by atoms with Gasteiger partial charge in [0.05, 0.1) is 12.8 Å². The molecule has 0 atom stereocenters. The molecule has 112 valence electrons. The molecule has 2 rings (SSSR count). The van der Waals surface area contributed by atoms with E-state index in [0.29, 0.717) is 6.04 Å². The number of methoxy groups -OCH3 is 1. The number of rotatable bonds is 5. The van der Waals surface area contributed by atoms with Crippen LogP contribution in [0.15, 0.2) is 6.20 Å². The monoisotopic (exact) mass is 294 g/mol. The maximum absolute atomic E-state index is 5.47. The third-order valence-electron chi connectivity index (χ3n) is 4.32. The normalized spacial score (nSPS) is 22.8. The van der Waals surface area contributed by atoms with Crippen LogP contribution in [-0.2, 0) is 6.54 Å². The number of ether oxygens (including phenoxy) is 1. The van der Waals surface area contributed by atoms with Crippen molar-refractivity contribution in [2.24, 2.45) is 0 Å². The molecule has 4 heteroatoms. The lowest BCUT2D eigenvalue weighted by molar-refractivity contribution is 0.375. The van der Waals surface area contributed by atoms with Crippen LogP contribution in [0.4, 0.5) is 0 Å². The van der Waals surface area contributed by atoms with E-state index < -0.39 is 0 Å². The van der Waals surface area contributed by atoms with E-state index in [4.69, 9.17) is 4.74 Å². The van der Waals surface area contributed by atoms with Crippen molar-refractivity contribution in [3.05, 3.63) is 23.0 Å². The van der Waals surface area contributed by atoms with Crippen LogP contribution in [0.3, 0.4) is 0 Å². The molecule has 1 aliphatic rings. The first-order valence-corrected chi connectivity index (χ1v) is 8.69. The van der Waals surface area contributed by atoms with Gasteiger partial charge in [0, 0.05) is 35.2 Å². The van der Waals surface area contributed by atoms with Gasteiger partial charge in [0.15, 0.2) is 0 Å². The maximum Gasteiger partial charge on any atom is 0.128 e. The molecule has 1 saturated carbocycles. The van der Waals surface area contributed by atoms with Crippen LogP contribution < -0.4 is 10.1 Å². The lowest BCUT2D eigenvalue weighted by atomic mass is 9.95. The smallest absolute Gasteiger partial charge is 0.128 e. The predicted molar refractivity (Wildman–Crippen MR) is 86.7 cm³/mol. The summed E-state index contributed by atoms with van der Waals surface area (Å²) in [6.07, 6.45) is 9.38. The second kappa shape index (κ2) is 7.32. The van der Waals surface area contributed by atoms with E-state index in [0.717, 1.165) is 34.4 Å². The van der Waals surface area contributed by atoms with Crippen molar-refractivity contribution in [1.29, 1.82) is 0 Å². The van der Waals surface area contributed by atoms with E-state index in [1.807, 2.05) is 24.9 Å². The average molecular weight is 294 g/mol. The van der Waals surface area contributed by atoms with Crippen LogP contribution in [0.2, 0.25) is 0 Å². The summed E-state index contributed by atoms with van der Waals surface area (Å²) in [7, 11) is 1.73. The minimum absolute atomic E-state index is 0.645. The van der Waals surface area contributed by atoms with Gasteiger partial charge >= 0.3 is 0 Å². The van der Waals surface area contributed by atoms with Gasteiger partial charge in [-0.05, 0) is 45.8 Å². The number of aromatic nitrogens is 1. The molecule has 0 amide bonds. The molecular weight excluding hydrogens is 268 g/mol. The fourth-order valence-corrected chi connectivity index (χ4v) is 3.74. The Morgan fingerprint density at radius 2 is 2.00 bits per heavy atom. The third-order valence-corrected chi connectivity index (χ3v) is 5.45. The molecule has 1 aromatic heterocycles. The van der Waals surface area contributed by atoms with E-state index >= 15 is 0 Å². The Balaban J connectivity index is 1.92. The lowest BCUT2D eigenvalue weighted by Gasteiger charge is -2.28. The van der Waals surface area contributed by atoms with Gasteiger partial charge in [0.1, 0.15) is 5.75 Å². The van der Waals surface area contributed by atoms with Crippen LogP contribution >= 0.6 is 11.8 Å². The Morgan fingerprint density at radius 1 is 1.30 bits per heavy atom. The van der Waals surface area contributed by atoms with E-state index in [2.05, 4.69) is 23.5 Å². The maximum atomic E-state index is 5.47. The number of pyridine rings is 1. The highest BCUT2D eigenvalue weighted by atomic mass is 32.2. The van der Waals surface area contributed by atoms with Gasteiger partial charge in [0.2, 0.25) is 0 Å². The summed E-state index contributed by atoms with van der Waals surface area (Å²) in [5, 5.41) is 4.53. The molecular formula is C16H26N2OS. The summed E-state index contributed by atoms with van der Waals surface area (Å²) in [6.45, 7) is 4.98. The first-order valence-electron chi connectivity index (χ1n) is 7.41. The highest BCUT2D eigenvalue weighted by Gasteiger charge is 2.20. The van der Waals surface area contributed by atoms with Gasteiger partial charge < -0.3 is 10.1 Å². The first kappa shape index (κ1) is 15.6. The van der Waals surface area contributed by atoms with E-state index in [1.165, 1.54) is 25.7 Å². The van der Waals surface area contributed by atoms with Crippen molar-refractivity contribution >= 4 is 11.8 Å². The summed E-state index contributed by atoms with van der Waals surface area (Å²) in [4.78, 5) is 4.56. The molecule has 0 radical (unpaired) electrons. The standard InChI is InChI=1S/C16H26N2OS/c1-11-9-18-15(12(2)16(11)19-3)10-17-13-5-7-14(20-4)8-6-13/h9,13-14,17H,5-8,10H2,1-4H3. The molecule has 0 spiro atoms. The van der Waals surface area contributed by atoms with Crippen LogP contribution in [-0.4, -0.2) is 29.6 Å². The molecule has 0 bridgehead atoms. The Hall–Kier alpha value is -0.740. The Labute approximate surface area is 126 Å². The van der Waals surface area contributed by atoms with Gasteiger partial charge in [-0.2, -0.15) is 11.8 Å². The summed E-state index contributed by atoms with van der Waals surface area (Å²) >= 11 is 2.01. The lowest BCUT2D eigenvalue weighted by Crippen LogP contribution is -2.33. The van der Waals surface area contributed by atoms with Crippen LogP contribution in [0.5, 0.6) is 5.75 Å². The van der Waals surface area contributed by atoms with Gasteiger partial charge in [-0.25, -0.2) is 0 Å². The Kier molecular flexibility index (Phi) is 5.73. The van der Waals surface area contributed by atoms with E-state index in [1.54, 1.807) is 7.11 Å². The molecule has 1 aliphatic carbocycles. The summed E-state index contributed by atoms with van der Waals surface area (Å²) in [5.74, 6) is 0.975. The van der Waals surface area contributed by atoms with Gasteiger partial charge in [-0.3, -0.25) is 4.98 Å². The van der Waals surface area contributed by atoms with Crippen molar-refractivity contribution in [2.75, 3.05) is 13.4 Å². The highest BCUT2D eigenvalue weighted by molar-refractivity contribution is 7.99. The van der Waals surface area contributed by atoms with Crippen molar-refractivity contribution in [3.8, 4) is 5.75 Å². The zero-order chi connectivity index (χ0) is 14.5. The zero-order valence-electron chi connectivity index (χ0n) is 13.0. The molecule has 1 fully saturated rings. The molecule has 1 aromatic rings. The molecule has 1 N–H and O–H groups in total.